The number of ether oxygens (including phenoxy) is 1. The summed E-state index contributed by atoms with van der Waals surface area (Å²) in [5.41, 5.74) is 10.6. The molecule has 0 aliphatic heterocycles. The first-order chi connectivity index (χ1) is 7.59. The maximum absolute atomic E-state index is 10.7. The van der Waals surface area contributed by atoms with E-state index in [0.29, 0.717) is 6.42 Å². The predicted octanol–water partition coefficient (Wildman–Crippen LogP) is -0.452. The summed E-state index contributed by atoms with van der Waals surface area (Å²) >= 11 is 0. The molecule has 0 bridgehead atoms. The lowest BCUT2D eigenvalue weighted by Crippen LogP contribution is -2.39. The van der Waals surface area contributed by atoms with E-state index in [1.807, 2.05) is 7.05 Å². The molecular weight excluding hydrogens is 206 g/mol. The summed E-state index contributed by atoms with van der Waals surface area (Å²) in [5, 5.41) is 0. The molecule has 1 unspecified atom stereocenters. The van der Waals surface area contributed by atoms with Gasteiger partial charge < -0.3 is 21.1 Å². The minimum Gasteiger partial charge on any atom is -0.380 e. The predicted molar refractivity (Wildman–Crippen MR) is 62.8 cm³/mol. The van der Waals surface area contributed by atoms with E-state index in [4.69, 9.17) is 16.2 Å². The Bertz CT molecular complexity index is 219. The molecule has 1 amide bonds. The summed E-state index contributed by atoms with van der Waals surface area (Å²) in [5.74, 6) is 0.381. The van der Waals surface area contributed by atoms with Gasteiger partial charge >= 0.3 is 0 Å². The average Bonchev–Trinajstić information content (AvgIpc) is 3.04. The first-order valence-electron chi connectivity index (χ1n) is 5.90. The highest BCUT2D eigenvalue weighted by Gasteiger charge is 2.20. The quantitative estimate of drug-likeness (QED) is 0.525. The van der Waals surface area contributed by atoms with Crippen LogP contribution in [0.4, 0.5) is 0 Å². The van der Waals surface area contributed by atoms with Crippen LogP contribution in [0.5, 0.6) is 0 Å². The Balaban J connectivity index is 1.92. The van der Waals surface area contributed by atoms with Crippen LogP contribution in [0.15, 0.2) is 0 Å². The van der Waals surface area contributed by atoms with Crippen LogP contribution in [-0.2, 0) is 9.53 Å². The number of likely N-dealkylation sites (N-methyl/N-ethyl adjacent to an activating group) is 1. The van der Waals surface area contributed by atoms with Gasteiger partial charge in [0.15, 0.2) is 0 Å². The molecule has 5 nitrogen and oxygen atoms in total. The second-order valence-corrected chi connectivity index (χ2v) is 4.62. The van der Waals surface area contributed by atoms with Crippen LogP contribution in [0.25, 0.3) is 0 Å². The van der Waals surface area contributed by atoms with E-state index in [9.17, 15) is 4.79 Å². The maximum Gasteiger partial charge on any atom is 0.234 e. The molecule has 0 saturated heterocycles. The lowest BCUT2D eigenvalue weighted by Gasteiger charge is -2.17. The van der Waals surface area contributed by atoms with Crippen molar-refractivity contribution in [3.05, 3.63) is 0 Å². The molecule has 0 radical (unpaired) electrons. The molecule has 16 heavy (non-hydrogen) atoms. The molecule has 0 aromatic rings. The summed E-state index contributed by atoms with van der Waals surface area (Å²) in [6.45, 7) is 3.29. The lowest BCUT2D eigenvalue weighted by atomic mass is 10.2. The van der Waals surface area contributed by atoms with Gasteiger partial charge in [0.05, 0.1) is 12.6 Å². The Morgan fingerprint density at radius 1 is 1.50 bits per heavy atom. The lowest BCUT2D eigenvalue weighted by molar-refractivity contribution is -0.119. The zero-order valence-corrected chi connectivity index (χ0v) is 10.0. The van der Waals surface area contributed by atoms with Gasteiger partial charge in [-0.15, -0.1) is 0 Å². The van der Waals surface area contributed by atoms with E-state index in [1.165, 1.54) is 12.8 Å². The molecule has 1 fully saturated rings. The standard InChI is InChI=1S/C11H23N3O2/c1-14(5-4-10(12)11(13)15)6-7-16-8-9-2-3-9/h9-10H,2-8,12H2,1H3,(H2,13,15). The van der Waals surface area contributed by atoms with Crippen molar-refractivity contribution in [2.75, 3.05) is 33.4 Å². The van der Waals surface area contributed by atoms with E-state index < -0.39 is 11.9 Å². The Labute approximate surface area is 97.1 Å². The zero-order valence-electron chi connectivity index (χ0n) is 10.0. The third-order valence-electron chi connectivity index (χ3n) is 2.86. The number of nitrogens with two attached hydrogens (primary N) is 2. The molecule has 1 rings (SSSR count). The topological polar surface area (TPSA) is 81.6 Å². The van der Waals surface area contributed by atoms with Crippen molar-refractivity contribution in [1.29, 1.82) is 0 Å². The smallest absolute Gasteiger partial charge is 0.234 e. The second kappa shape index (κ2) is 6.83. The molecule has 0 aromatic carbocycles. The second-order valence-electron chi connectivity index (χ2n) is 4.62. The van der Waals surface area contributed by atoms with Gasteiger partial charge in [-0.25, -0.2) is 0 Å². The minimum absolute atomic E-state index is 0.432. The first-order valence-corrected chi connectivity index (χ1v) is 5.90. The van der Waals surface area contributed by atoms with Gasteiger partial charge in [-0.05, 0) is 38.8 Å². The van der Waals surface area contributed by atoms with E-state index >= 15 is 0 Å². The van der Waals surface area contributed by atoms with Crippen LogP contribution in [0.3, 0.4) is 0 Å². The number of nitrogens with zero attached hydrogens (tertiary/aromatic N) is 1. The normalized spacial score (nSPS) is 17.7. The summed E-state index contributed by atoms with van der Waals surface area (Å²) in [4.78, 5) is 12.8. The van der Waals surface area contributed by atoms with Gasteiger partial charge in [0, 0.05) is 13.2 Å². The fraction of sp³-hybridized carbons (Fsp3) is 0.909. The molecule has 5 heteroatoms. The number of primary amides is 1. The largest absolute Gasteiger partial charge is 0.380 e. The van der Waals surface area contributed by atoms with E-state index in [1.54, 1.807) is 0 Å². The van der Waals surface area contributed by atoms with Crippen molar-refractivity contribution < 1.29 is 9.53 Å². The molecule has 0 spiro atoms. The summed E-state index contributed by atoms with van der Waals surface area (Å²) < 4.78 is 5.52. The highest BCUT2D eigenvalue weighted by molar-refractivity contribution is 5.79. The van der Waals surface area contributed by atoms with Crippen molar-refractivity contribution >= 4 is 5.91 Å². The Kier molecular flexibility index (Phi) is 5.73. The van der Waals surface area contributed by atoms with E-state index in [2.05, 4.69) is 4.90 Å². The molecule has 1 aliphatic rings. The van der Waals surface area contributed by atoms with Crippen molar-refractivity contribution in [3.8, 4) is 0 Å². The summed E-state index contributed by atoms with van der Waals surface area (Å²) in [6.07, 6.45) is 3.25. The van der Waals surface area contributed by atoms with Gasteiger partial charge in [0.1, 0.15) is 0 Å². The highest BCUT2D eigenvalue weighted by atomic mass is 16.5. The number of carbonyl (C=O) groups is 1. The van der Waals surface area contributed by atoms with E-state index in [0.717, 1.165) is 32.2 Å². The van der Waals surface area contributed by atoms with Crippen molar-refractivity contribution in [2.24, 2.45) is 17.4 Å². The Morgan fingerprint density at radius 3 is 2.75 bits per heavy atom. The zero-order chi connectivity index (χ0) is 12.0. The number of amides is 1. The molecule has 0 aromatic heterocycles. The van der Waals surface area contributed by atoms with Crippen molar-refractivity contribution in [1.82, 2.24) is 4.90 Å². The van der Waals surface area contributed by atoms with Crippen LogP contribution in [0, 0.1) is 5.92 Å². The third-order valence-corrected chi connectivity index (χ3v) is 2.86. The Hall–Kier alpha value is -0.650. The number of hydrogen-bond acceptors (Lipinski definition) is 4. The van der Waals surface area contributed by atoms with Gasteiger partial charge in [-0.1, -0.05) is 0 Å². The summed E-state index contributed by atoms with van der Waals surface area (Å²) in [7, 11) is 1.99. The number of rotatable bonds is 9. The highest BCUT2D eigenvalue weighted by Crippen LogP contribution is 2.28. The average molecular weight is 229 g/mol. The monoisotopic (exact) mass is 229 g/mol. The van der Waals surface area contributed by atoms with Crippen molar-refractivity contribution in [3.63, 3.8) is 0 Å². The van der Waals surface area contributed by atoms with Crippen LogP contribution in [0.1, 0.15) is 19.3 Å². The van der Waals surface area contributed by atoms with Crippen LogP contribution < -0.4 is 11.5 Å². The summed E-state index contributed by atoms with van der Waals surface area (Å²) in [6, 6.07) is -0.533. The molecule has 4 N–H and O–H groups in total. The number of hydrogen-bond donors (Lipinski definition) is 2. The van der Waals surface area contributed by atoms with Crippen molar-refractivity contribution in [2.45, 2.75) is 25.3 Å². The number of carbonyl (C=O) groups excluding carboxylic acids is 1. The fourth-order valence-electron chi connectivity index (χ4n) is 1.37. The maximum atomic E-state index is 10.7. The van der Waals surface area contributed by atoms with Crippen LogP contribution >= 0.6 is 0 Å². The fourth-order valence-corrected chi connectivity index (χ4v) is 1.37. The molecule has 1 atom stereocenters. The SMILES string of the molecule is CN(CCOCC1CC1)CCC(N)C(N)=O. The minimum atomic E-state index is -0.533. The van der Waals surface area contributed by atoms with Gasteiger partial charge in [-0.2, -0.15) is 0 Å². The molecular formula is C11H23N3O2. The van der Waals surface area contributed by atoms with Gasteiger partial charge in [-0.3, -0.25) is 4.79 Å². The molecule has 0 heterocycles. The van der Waals surface area contributed by atoms with Crippen LogP contribution in [0.2, 0.25) is 0 Å². The molecule has 94 valence electrons. The third kappa shape index (κ3) is 6.05. The first kappa shape index (κ1) is 13.4. The molecule has 1 saturated carbocycles. The Morgan fingerprint density at radius 2 is 2.19 bits per heavy atom. The van der Waals surface area contributed by atoms with E-state index in [-0.39, 0.29) is 0 Å². The van der Waals surface area contributed by atoms with Gasteiger partial charge in [0.2, 0.25) is 5.91 Å². The van der Waals surface area contributed by atoms with Crippen LogP contribution in [-0.4, -0.2) is 50.2 Å². The molecule has 1 aliphatic carbocycles. The van der Waals surface area contributed by atoms with Gasteiger partial charge in [0.25, 0.3) is 0 Å².